The van der Waals surface area contributed by atoms with Gasteiger partial charge in [0, 0.05) is 19.6 Å². The number of nitrogens with zero attached hydrogens (tertiary/aromatic N) is 1. The summed E-state index contributed by atoms with van der Waals surface area (Å²) in [6.45, 7) is 1.67. The molecule has 0 unspecified atom stereocenters. The number of hydrogen-bond donors (Lipinski definition) is 1. The maximum Gasteiger partial charge on any atom is 0.257 e. The number of furan rings is 1. The summed E-state index contributed by atoms with van der Waals surface area (Å²) in [7, 11) is 0. The molecule has 2 rings (SSSR count). The first kappa shape index (κ1) is 16.3. The SMILES string of the molecule is Cl.NCCN(CCc1ccccc1)C(=O)c1ccoc1. The summed E-state index contributed by atoms with van der Waals surface area (Å²) in [5.41, 5.74) is 7.36. The van der Waals surface area contributed by atoms with Crippen molar-refractivity contribution in [2.75, 3.05) is 19.6 Å². The molecule has 1 aromatic carbocycles. The summed E-state index contributed by atoms with van der Waals surface area (Å²) < 4.78 is 4.95. The maximum absolute atomic E-state index is 12.2. The van der Waals surface area contributed by atoms with Crippen LogP contribution in [0.4, 0.5) is 0 Å². The van der Waals surface area contributed by atoms with E-state index in [9.17, 15) is 4.79 Å². The van der Waals surface area contributed by atoms with E-state index in [2.05, 4.69) is 12.1 Å². The van der Waals surface area contributed by atoms with Gasteiger partial charge in [0.2, 0.25) is 0 Å². The Balaban J connectivity index is 0.00000200. The minimum Gasteiger partial charge on any atom is -0.472 e. The van der Waals surface area contributed by atoms with Crippen LogP contribution in [-0.4, -0.2) is 30.4 Å². The summed E-state index contributed by atoms with van der Waals surface area (Å²) >= 11 is 0. The molecule has 2 aromatic rings. The lowest BCUT2D eigenvalue weighted by atomic mass is 10.1. The van der Waals surface area contributed by atoms with Gasteiger partial charge in [-0.2, -0.15) is 0 Å². The number of halogens is 1. The van der Waals surface area contributed by atoms with Crippen molar-refractivity contribution in [1.29, 1.82) is 0 Å². The molecule has 0 aliphatic carbocycles. The molecule has 1 amide bonds. The number of carbonyl (C=O) groups is 1. The van der Waals surface area contributed by atoms with Crippen molar-refractivity contribution < 1.29 is 9.21 Å². The second-order valence-electron chi connectivity index (χ2n) is 4.33. The van der Waals surface area contributed by atoms with Crippen molar-refractivity contribution in [2.45, 2.75) is 6.42 Å². The molecule has 108 valence electrons. The zero-order valence-electron chi connectivity index (χ0n) is 11.2. The van der Waals surface area contributed by atoms with Crippen molar-refractivity contribution in [1.82, 2.24) is 4.90 Å². The van der Waals surface area contributed by atoms with Gasteiger partial charge in [0.05, 0.1) is 11.8 Å². The van der Waals surface area contributed by atoms with E-state index >= 15 is 0 Å². The highest BCUT2D eigenvalue weighted by Crippen LogP contribution is 2.07. The average molecular weight is 295 g/mol. The van der Waals surface area contributed by atoms with Crippen LogP contribution in [0.25, 0.3) is 0 Å². The molecular formula is C15H19ClN2O2. The van der Waals surface area contributed by atoms with E-state index in [1.54, 1.807) is 11.0 Å². The zero-order chi connectivity index (χ0) is 13.5. The quantitative estimate of drug-likeness (QED) is 0.889. The number of carbonyl (C=O) groups excluding carboxylic acids is 1. The summed E-state index contributed by atoms with van der Waals surface area (Å²) in [4.78, 5) is 14.0. The highest BCUT2D eigenvalue weighted by molar-refractivity contribution is 5.93. The van der Waals surface area contributed by atoms with E-state index in [0.717, 1.165) is 6.42 Å². The molecule has 5 heteroatoms. The fraction of sp³-hybridized carbons (Fsp3) is 0.267. The summed E-state index contributed by atoms with van der Waals surface area (Å²) in [6.07, 6.45) is 3.80. The van der Waals surface area contributed by atoms with E-state index in [1.807, 2.05) is 18.2 Å². The van der Waals surface area contributed by atoms with Crippen LogP contribution >= 0.6 is 12.4 Å². The Hall–Kier alpha value is -1.78. The predicted octanol–water partition coefficient (Wildman–Crippen LogP) is 2.34. The van der Waals surface area contributed by atoms with Crippen molar-refractivity contribution in [3.8, 4) is 0 Å². The van der Waals surface area contributed by atoms with Gasteiger partial charge in [-0.15, -0.1) is 12.4 Å². The molecular weight excluding hydrogens is 276 g/mol. The van der Waals surface area contributed by atoms with Gasteiger partial charge in [0.25, 0.3) is 5.91 Å². The number of hydrogen-bond acceptors (Lipinski definition) is 3. The summed E-state index contributed by atoms with van der Waals surface area (Å²) in [5, 5.41) is 0. The van der Waals surface area contributed by atoms with Gasteiger partial charge in [-0.1, -0.05) is 30.3 Å². The largest absolute Gasteiger partial charge is 0.472 e. The van der Waals surface area contributed by atoms with Crippen LogP contribution in [0.15, 0.2) is 53.3 Å². The lowest BCUT2D eigenvalue weighted by Crippen LogP contribution is -2.36. The fourth-order valence-electron chi connectivity index (χ4n) is 1.95. The molecule has 0 aliphatic heterocycles. The Morgan fingerprint density at radius 1 is 1.15 bits per heavy atom. The maximum atomic E-state index is 12.2. The van der Waals surface area contributed by atoms with Crippen molar-refractivity contribution >= 4 is 18.3 Å². The lowest BCUT2D eigenvalue weighted by Gasteiger charge is -2.21. The van der Waals surface area contributed by atoms with Gasteiger partial charge in [-0.3, -0.25) is 4.79 Å². The predicted molar refractivity (Wildman–Crippen MR) is 81.1 cm³/mol. The normalized spacial score (nSPS) is 9.85. The minimum atomic E-state index is -0.0323. The molecule has 0 aliphatic rings. The average Bonchev–Trinajstić information content (AvgIpc) is 2.98. The molecule has 0 bridgehead atoms. The highest BCUT2D eigenvalue weighted by Gasteiger charge is 2.15. The number of nitrogens with two attached hydrogens (primary N) is 1. The Labute approximate surface area is 125 Å². The smallest absolute Gasteiger partial charge is 0.257 e. The van der Waals surface area contributed by atoms with Crippen LogP contribution in [0, 0.1) is 0 Å². The third kappa shape index (κ3) is 4.40. The minimum absolute atomic E-state index is 0. The van der Waals surface area contributed by atoms with Gasteiger partial charge < -0.3 is 15.1 Å². The van der Waals surface area contributed by atoms with Gasteiger partial charge in [0.1, 0.15) is 6.26 Å². The Morgan fingerprint density at radius 3 is 2.50 bits per heavy atom. The molecule has 20 heavy (non-hydrogen) atoms. The zero-order valence-corrected chi connectivity index (χ0v) is 12.0. The Kier molecular flexibility index (Phi) is 6.84. The molecule has 0 fully saturated rings. The van der Waals surface area contributed by atoms with Gasteiger partial charge in [-0.05, 0) is 18.1 Å². The molecule has 0 atom stereocenters. The molecule has 2 N–H and O–H groups in total. The van der Waals surface area contributed by atoms with Crippen molar-refractivity contribution in [3.63, 3.8) is 0 Å². The lowest BCUT2D eigenvalue weighted by molar-refractivity contribution is 0.0761. The topological polar surface area (TPSA) is 59.5 Å². The molecule has 1 heterocycles. The number of benzene rings is 1. The van der Waals surface area contributed by atoms with E-state index in [4.69, 9.17) is 10.2 Å². The van der Waals surface area contributed by atoms with Crippen LogP contribution in [0.5, 0.6) is 0 Å². The Morgan fingerprint density at radius 2 is 1.90 bits per heavy atom. The van der Waals surface area contributed by atoms with Gasteiger partial charge in [0.15, 0.2) is 0 Å². The van der Waals surface area contributed by atoms with E-state index in [0.29, 0.717) is 25.2 Å². The monoisotopic (exact) mass is 294 g/mol. The molecule has 0 saturated carbocycles. The van der Waals surface area contributed by atoms with Crippen molar-refractivity contribution in [2.24, 2.45) is 5.73 Å². The molecule has 1 aromatic heterocycles. The summed E-state index contributed by atoms with van der Waals surface area (Å²) in [6, 6.07) is 11.8. The third-order valence-electron chi connectivity index (χ3n) is 2.97. The van der Waals surface area contributed by atoms with E-state index < -0.39 is 0 Å². The Bertz CT molecular complexity index is 500. The number of rotatable bonds is 6. The standard InChI is InChI=1S/C15H18N2O2.ClH/c16-8-10-17(15(18)14-7-11-19-12-14)9-6-13-4-2-1-3-5-13;/h1-5,7,11-12H,6,8-10,16H2;1H. The second kappa shape index (κ2) is 8.40. The summed E-state index contributed by atoms with van der Waals surface area (Å²) in [5.74, 6) is -0.0323. The molecule has 0 radical (unpaired) electrons. The van der Waals surface area contributed by atoms with Crippen LogP contribution in [-0.2, 0) is 6.42 Å². The van der Waals surface area contributed by atoms with Gasteiger partial charge in [-0.25, -0.2) is 0 Å². The van der Waals surface area contributed by atoms with Crippen LogP contribution in [0.1, 0.15) is 15.9 Å². The van der Waals surface area contributed by atoms with E-state index in [1.165, 1.54) is 18.1 Å². The van der Waals surface area contributed by atoms with E-state index in [-0.39, 0.29) is 18.3 Å². The van der Waals surface area contributed by atoms with Gasteiger partial charge >= 0.3 is 0 Å². The second-order valence-corrected chi connectivity index (χ2v) is 4.33. The van der Waals surface area contributed by atoms with Crippen LogP contribution in [0.3, 0.4) is 0 Å². The fourth-order valence-corrected chi connectivity index (χ4v) is 1.95. The molecule has 4 nitrogen and oxygen atoms in total. The first-order valence-electron chi connectivity index (χ1n) is 6.36. The van der Waals surface area contributed by atoms with Crippen molar-refractivity contribution in [3.05, 3.63) is 60.1 Å². The highest BCUT2D eigenvalue weighted by atomic mass is 35.5. The van der Waals surface area contributed by atoms with Crippen LogP contribution in [0.2, 0.25) is 0 Å². The third-order valence-corrected chi connectivity index (χ3v) is 2.97. The first-order chi connectivity index (χ1) is 9.31. The molecule has 0 saturated heterocycles. The van der Waals surface area contributed by atoms with Crippen LogP contribution < -0.4 is 5.73 Å². The molecule has 0 spiro atoms. The number of amides is 1. The first-order valence-corrected chi connectivity index (χ1v) is 6.36.